The third kappa shape index (κ3) is 20.2. The van der Waals surface area contributed by atoms with Gasteiger partial charge in [-0.05, 0) is 0 Å². The molecule has 0 spiro atoms. The first kappa shape index (κ1) is 20.4. The van der Waals surface area contributed by atoms with Gasteiger partial charge in [-0.25, -0.2) is 0 Å². The summed E-state index contributed by atoms with van der Waals surface area (Å²) in [6.45, 7) is 4.55. The second-order valence-electron chi connectivity index (χ2n) is 3.47. The smallest absolute Gasteiger partial charge is 1.00 e. The summed E-state index contributed by atoms with van der Waals surface area (Å²) in [4.78, 5) is 0. The number of hydrogen-bond donors (Lipinski definition) is 0. The fraction of sp³-hybridized carbons (Fsp3) is 1.00. The van der Waals surface area contributed by atoms with Gasteiger partial charge in [-0.2, -0.15) is 0 Å². The standard InChI is InChI=1S/C11H24.2Na.2H/c1-3-5-7-9-11-10-8-6-4-2;;;;/h3-11H2,1-2H3;;;;/q;2*+1;2*-1. The number of rotatable bonds is 8. The Morgan fingerprint density at radius 1 is 0.538 bits per heavy atom. The fourth-order valence-electron chi connectivity index (χ4n) is 1.38. The summed E-state index contributed by atoms with van der Waals surface area (Å²) in [6.07, 6.45) is 13.0. The van der Waals surface area contributed by atoms with E-state index in [-0.39, 0.29) is 62.0 Å². The van der Waals surface area contributed by atoms with Crippen LogP contribution in [-0.4, -0.2) is 0 Å². The Labute approximate surface area is 132 Å². The molecule has 0 aliphatic carbocycles. The van der Waals surface area contributed by atoms with Gasteiger partial charge >= 0.3 is 59.1 Å². The van der Waals surface area contributed by atoms with E-state index in [1.807, 2.05) is 0 Å². The third-order valence-corrected chi connectivity index (χ3v) is 2.21. The molecule has 0 aromatic rings. The van der Waals surface area contributed by atoms with Gasteiger partial charge in [-0.15, -0.1) is 0 Å². The van der Waals surface area contributed by atoms with Gasteiger partial charge in [0.1, 0.15) is 0 Å². The molecule has 0 aliphatic heterocycles. The van der Waals surface area contributed by atoms with E-state index in [1.54, 1.807) is 0 Å². The second-order valence-corrected chi connectivity index (χ2v) is 3.47. The van der Waals surface area contributed by atoms with Gasteiger partial charge in [-0.3, -0.25) is 0 Å². The summed E-state index contributed by atoms with van der Waals surface area (Å²) in [7, 11) is 0. The average Bonchev–Trinajstić information content (AvgIpc) is 2.03. The molecule has 0 N–H and O–H groups in total. The topological polar surface area (TPSA) is 0 Å². The van der Waals surface area contributed by atoms with Gasteiger partial charge < -0.3 is 2.85 Å². The zero-order chi connectivity index (χ0) is 8.36. The van der Waals surface area contributed by atoms with E-state index in [1.165, 1.54) is 57.8 Å². The first-order valence-corrected chi connectivity index (χ1v) is 5.41. The summed E-state index contributed by atoms with van der Waals surface area (Å²) >= 11 is 0. The SMILES string of the molecule is CCCCCCCCCCC.[H-].[H-].[Na+].[Na+]. The Morgan fingerprint density at radius 3 is 1.00 bits per heavy atom. The Bertz CT molecular complexity index is 65.6. The molecule has 0 fully saturated rings. The number of unbranched alkanes of at least 4 members (excludes halogenated alkanes) is 8. The molecule has 0 rings (SSSR count). The minimum atomic E-state index is 0. The van der Waals surface area contributed by atoms with E-state index < -0.39 is 0 Å². The van der Waals surface area contributed by atoms with Crippen LogP contribution in [0, 0.1) is 0 Å². The van der Waals surface area contributed by atoms with Crippen LogP contribution in [0.3, 0.4) is 0 Å². The minimum Gasteiger partial charge on any atom is -1.00 e. The minimum absolute atomic E-state index is 0. The maximum absolute atomic E-state index is 2.27. The van der Waals surface area contributed by atoms with E-state index >= 15 is 0 Å². The first-order valence-electron chi connectivity index (χ1n) is 5.41. The second kappa shape index (κ2) is 19.6. The molecule has 0 aromatic heterocycles. The monoisotopic (exact) mass is 204 g/mol. The van der Waals surface area contributed by atoms with Crippen molar-refractivity contribution in [1.82, 2.24) is 0 Å². The molecule has 0 radical (unpaired) electrons. The molecule has 72 valence electrons. The Balaban J connectivity index is -0.0000000833. The van der Waals surface area contributed by atoms with E-state index in [0.717, 1.165) is 0 Å². The van der Waals surface area contributed by atoms with Gasteiger partial charge in [0.25, 0.3) is 0 Å². The zero-order valence-corrected chi connectivity index (χ0v) is 14.4. The molecule has 2 heteroatoms. The summed E-state index contributed by atoms with van der Waals surface area (Å²) in [5.41, 5.74) is 0. The molecule has 0 aliphatic rings. The van der Waals surface area contributed by atoms with Crippen molar-refractivity contribution in [2.45, 2.75) is 71.6 Å². The van der Waals surface area contributed by atoms with Gasteiger partial charge in [0.15, 0.2) is 0 Å². The third-order valence-electron chi connectivity index (χ3n) is 2.21. The van der Waals surface area contributed by atoms with Crippen molar-refractivity contribution in [3.63, 3.8) is 0 Å². The van der Waals surface area contributed by atoms with E-state index in [2.05, 4.69) is 13.8 Å². The Morgan fingerprint density at radius 2 is 0.769 bits per heavy atom. The van der Waals surface area contributed by atoms with Crippen LogP contribution in [0.1, 0.15) is 74.5 Å². The Hall–Kier alpha value is 2.00. The van der Waals surface area contributed by atoms with E-state index in [9.17, 15) is 0 Å². The molecule has 0 heterocycles. The van der Waals surface area contributed by atoms with Gasteiger partial charge in [0, 0.05) is 0 Å². The molecule has 0 amide bonds. The van der Waals surface area contributed by atoms with Gasteiger partial charge in [0.05, 0.1) is 0 Å². The van der Waals surface area contributed by atoms with Crippen LogP contribution < -0.4 is 59.1 Å². The first-order chi connectivity index (χ1) is 5.41. The zero-order valence-electron chi connectivity index (χ0n) is 12.4. The van der Waals surface area contributed by atoms with Crippen molar-refractivity contribution in [2.75, 3.05) is 0 Å². The molecular weight excluding hydrogens is 178 g/mol. The summed E-state index contributed by atoms with van der Waals surface area (Å²) in [5, 5.41) is 0. The maximum Gasteiger partial charge on any atom is 1.00 e. The summed E-state index contributed by atoms with van der Waals surface area (Å²) < 4.78 is 0. The van der Waals surface area contributed by atoms with Crippen LogP contribution in [0.2, 0.25) is 0 Å². The fourth-order valence-corrected chi connectivity index (χ4v) is 1.38. The molecular formula is C11H26Na2. The van der Waals surface area contributed by atoms with Crippen molar-refractivity contribution in [3.8, 4) is 0 Å². The van der Waals surface area contributed by atoms with Gasteiger partial charge in [0.2, 0.25) is 0 Å². The van der Waals surface area contributed by atoms with Crippen molar-refractivity contribution in [1.29, 1.82) is 0 Å². The van der Waals surface area contributed by atoms with Crippen molar-refractivity contribution >= 4 is 0 Å². The van der Waals surface area contributed by atoms with E-state index in [0.29, 0.717) is 0 Å². The molecule has 0 bridgehead atoms. The van der Waals surface area contributed by atoms with Crippen LogP contribution in [0.5, 0.6) is 0 Å². The molecule has 0 aromatic carbocycles. The van der Waals surface area contributed by atoms with E-state index in [4.69, 9.17) is 0 Å². The van der Waals surface area contributed by atoms with Crippen LogP contribution in [0.25, 0.3) is 0 Å². The van der Waals surface area contributed by atoms with Crippen molar-refractivity contribution < 1.29 is 62.0 Å². The summed E-state index contributed by atoms with van der Waals surface area (Å²) in [6, 6.07) is 0. The molecule has 0 nitrogen and oxygen atoms in total. The molecule has 0 saturated heterocycles. The average molecular weight is 204 g/mol. The Kier molecular flexibility index (Phi) is 30.7. The van der Waals surface area contributed by atoms with Crippen LogP contribution >= 0.6 is 0 Å². The normalized spacial score (nSPS) is 8.77. The van der Waals surface area contributed by atoms with Crippen LogP contribution in [-0.2, 0) is 0 Å². The quantitative estimate of drug-likeness (QED) is 0.343. The van der Waals surface area contributed by atoms with Crippen molar-refractivity contribution in [3.05, 3.63) is 0 Å². The predicted octanol–water partition coefficient (Wildman–Crippen LogP) is -1.23. The number of hydrogen-bond acceptors (Lipinski definition) is 0. The largest absolute Gasteiger partial charge is 1.00 e. The van der Waals surface area contributed by atoms with Crippen molar-refractivity contribution in [2.24, 2.45) is 0 Å². The maximum atomic E-state index is 2.27. The van der Waals surface area contributed by atoms with Crippen LogP contribution in [0.15, 0.2) is 0 Å². The molecule has 13 heavy (non-hydrogen) atoms. The van der Waals surface area contributed by atoms with Gasteiger partial charge in [-0.1, -0.05) is 71.6 Å². The molecule has 0 atom stereocenters. The van der Waals surface area contributed by atoms with Crippen LogP contribution in [0.4, 0.5) is 0 Å². The summed E-state index contributed by atoms with van der Waals surface area (Å²) in [5.74, 6) is 0. The molecule has 0 saturated carbocycles. The predicted molar refractivity (Wildman–Crippen MR) is 55.1 cm³/mol. The molecule has 0 unspecified atom stereocenters.